The zero-order valence-corrected chi connectivity index (χ0v) is 13.3. The number of benzene rings is 2. The van der Waals surface area contributed by atoms with Crippen LogP contribution in [0, 0.1) is 0 Å². The first kappa shape index (κ1) is 16.0. The second-order valence-electron chi connectivity index (χ2n) is 4.18. The minimum absolute atomic E-state index is 0.247. The number of ether oxygens (including phenoxy) is 2. The molecule has 6 heteroatoms. The highest BCUT2D eigenvalue weighted by Gasteiger charge is 2.14. The molecule has 0 N–H and O–H groups in total. The average Bonchev–Trinajstić information content (AvgIpc) is 2.47. The van der Waals surface area contributed by atoms with Crippen molar-refractivity contribution in [2.24, 2.45) is 0 Å². The summed E-state index contributed by atoms with van der Waals surface area (Å²) in [5, 5.41) is 1.14. The molecule has 2 rings (SSSR count). The van der Waals surface area contributed by atoms with Crippen LogP contribution in [0.1, 0.15) is 15.9 Å². The molecule has 0 aliphatic rings. The molecule has 0 heterocycles. The highest BCUT2D eigenvalue weighted by Crippen LogP contribution is 2.35. The van der Waals surface area contributed by atoms with Gasteiger partial charge in [0.15, 0.2) is 5.75 Å². The predicted molar refractivity (Wildman–Crippen MR) is 83.6 cm³/mol. The van der Waals surface area contributed by atoms with Crippen molar-refractivity contribution in [2.75, 3.05) is 7.11 Å². The Morgan fingerprint density at radius 2 is 1.62 bits per heavy atom. The van der Waals surface area contributed by atoms with E-state index >= 15 is 0 Å². The molecule has 0 amide bonds. The van der Waals surface area contributed by atoms with Gasteiger partial charge in [-0.25, -0.2) is 4.79 Å². The quantitative estimate of drug-likeness (QED) is 0.730. The molecule has 0 spiro atoms. The zero-order chi connectivity index (χ0) is 15.4. The van der Waals surface area contributed by atoms with E-state index in [1.54, 1.807) is 12.1 Å². The molecule has 0 unspecified atom stereocenters. The summed E-state index contributed by atoms with van der Waals surface area (Å²) in [6.07, 6.45) is 0. The van der Waals surface area contributed by atoms with E-state index in [9.17, 15) is 4.79 Å². The maximum Gasteiger partial charge on any atom is 0.337 e. The van der Waals surface area contributed by atoms with Gasteiger partial charge in [-0.2, -0.15) is 0 Å². The number of carbonyl (C=O) groups is 1. The first-order valence-electron chi connectivity index (χ1n) is 5.96. The Bertz CT molecular complexity index is 631. The lowest BCUT2D eigenvalue weighted by molar-refractivity contribution is 0.0600. The summed E-state index contributed by atoms with van der Waals surface area (Å²) in [6, 6.07) is 10.1. The summed E-state index contributed by atoms with van der Waals surface area (Å²) in [6.45, 7) is 0.286. The monoisotopic (exact) mass is 344 g/mol. The van der Waals surface area contributed by atoms with Crippen molar-refractivity contribution in [3.05, 3.63) is 62.6 Å². The van der Waals surface area contributed by atoms with E-state index in [0.717, 1.165) is 5.56 Å². The lowest BCUT2D eigenvalue weighted by Crippen LogP contribution is -2.03. The van der Waals surface area contributed by atoms with Gasteiger partial charge in [0.05, 0.1) is 22.7 Å². The number of hydrogen-bond donors (Lipinski definition) is 0. The fourth-order valence-electron chi connectivity index (χ4n) is 1.67. The van der Waals surface area contributed by atoms with Gasteiger partial charge in [-0.3, -0.25) is 0 Å². The Morgan fingerprint density at radius 3 is 2.14 bits per heavy atom. The zero-order valence-electron chi connectivity index (χ0n) is 11.0. The van der Waals surface area contributed by atoms with E-state index < -0.39 is 5.97 Å². The summed E-state index contributed by atoms with van der Waals surface area (Å²) in [5.41, 5.74) is 1.19. The van der Waals surface area contributed by atoms with E-state index in [2.05, 4.69) is 4.74 Å². The largest absolute Gasteiger partial charge is 0.486 e. The van der Waals surface area contributed by atoms with Crippen LogP contribution in [0.25, 0.3) is 0 Å². The van der Waals surface area contributed by atoms with Crippen molar-refractivity contribution in [3.63, 3.8) is 0 Å². The highest BCUT2D eigenvalue weighted by atomic mass is 35.5. The number of halogens is 3. The number of esters is 1. The topological polar surface area (TPSA) is 35.5 Å². The smallest absolute Gasteiger partial charge is 0.337 e. The SMILES string of the molecule is COC(=O)c1cc(Cl)c(OCc2ccc(Cl)cc2)c(Cl)c1. The fourth-order valence-corrected chi connectivity index (χ4v) is 2.39. The molecular weight excluding hydrogens is 335 g/mol. The van der Waals surface area contributed by atoms with Crippen molar-refractivity contribution < 1.29 is 14.3 Å². The Kier molecular flexibility index (Phi) is 5.34. The molecule has 0 aliphatic carbocycles. The van der Waals surface area contributed by atoms with Crippen LogP contribution in [0.15, 0.2) is 36.4 Å². The Labute approximate surface area is 137 Å². The van der Waals surface area contributed by atoms with E-state index in [1.165, 1.54) is 19.2 Å². The van der Waals surface area contributed by atoms with Crippen molar-refractivity contribution in [1.82, 2.24) is 0 Å². The third-order valence-electron chi connectivity index (χ3n) is 2.72. The minimum Gasteiger partial charge on any atom is -0.486 e. The van der Waals surface area contributed by atoms with Crippen LogP contribution in [0.3, 0.4) is 0 Å². The summed E-state index contributed by atoms with van der Waals surface area (Å²) in [4.78, 5) is 11.4. The van der Waals surface area contributed by atoms with Crippen LogP contribution in [-0.2, 0) is 11.3 Å². The van der Waals surface area contributed by atoms with Crippen LogP contribution >= 0.6 is 34.8 Å². The van der Waals surface area contributed by atoms with Crippen LogP contribution in [0.5, 0.6) is 5.75 Å². The average molecular weight is 346 g/mol. The Hall–Kier alpha value is -1.42. The van der Waals surface area contributed by atoms with Gasteiger partial charge in [-0.05, 0) is 29.8 Å². The highest BCUT2D eigenvalue weighted by molar-refractivity contribution is 6.37. The Balaban J connectivity index is 2.17. The second kappa shape index (κ2) is 7.03. The lowest BCUT2D eigenvalue weighted by Gasteiger charge is -2.11. The third-order valence-corrected chi connectivity index (χ3v) is 3.53. The standard InChI is InChI=1S/C15H11Cl3O3/c1-20-15(19)10-6-12(17)14(13(18)7-10)21-8-9-2-4-11(16)5-3-9/h2-7H,8H2,1H3. The van der Waals surface area contributed by atoms with Crippen LogP contribution < -0.4 is 4.74 Å². The van der Waals surface area contributed by atoms with Gasteiger partial charge < -0.3 is 9.47 Å². The van der Waals surface area contributed by atoms with Gasteiger partial charge in [0.2, 0.25) is 0 Å². The molecule has 3 nitrogen and oxygen atoms in total. The van der Waals surface area contributed by atoms with Crippen molar-refractivity contribution in [3.8, 4) is 5.75 Å². The molecule has 2 aromatic rings. The van der Waals surface area contributed by atoms with Crippen molar-refractivity contribution >= 4 is 40.8 Å². The van der Waals surface area contributed by atoms with Gasteiger partial charge in [-0.15, -0.1) is 0 Å². The van der Waals surface area contributed by atoms with E-state index in [0.29, 0.717) is 10.8 Å². The minimum atomic E-state index is -0.511. The van der Waals surface area contributed by atoms with Gasteiger partial charge >= 0.3 is 5.97 Å². The molecule has 0 saturated carbocycles. The predicted octanol–water partition coefficient (Wildman–Crippen LogP) is 5.01. The normalized spacial score (nSPS) is 10.3. The van der Waals surface area contributed by atoms with Crippen LogP contribution in [0.2, 0.25) is 15.1 Å². The first-order valence-corrected chi connectivity index (χ1v) is 7.09. The van der Waals surface area contributed by atoms with Crippen LogP contribution in [0.4, 0.5) is 0 Å². The maximum absolute atomic E-state index is 11.4. The van der Waals surface area contributed by atoms with Crippen molar-refractivity contribution in [2.45, 2.75) is 6.61 Å². The van der Waals surface area contributed by atoms with E-state index in [1.807, 2.05) is 12.1 Å². The maximum atomic E-state index is 11.4. The van der Waals surface area contributed by atoms with Gasteiger partial charge in [0.25, 0.3) is 0 Å². The molecule has 21 heavy (non-hydrogen) atoms. The second-order valence-corrected chi connectivity index (χ2v) is 5.43. The molecular formula is C15H11Cl3O3. The summed E-state index contributed by atoms with van der Waals surface area (Å²) in [5.74, 6) is -0.191. The van der Waals surface area contributed by atoms with Gasteiger partial charge in [0.1, 0.15) is 6.61 Å². The molecule has 0 atom stereocenters. The first-order chi connectivity index (χ1) is 10.0. The number of methoxy groups -OCH3 is 1. The third kappa shape index (κ3) is 4.03. The molecule has 0 aliphatic heterocycles. The Morgan fingerprint density at radius 1 is 1.05 bits per heavy atom. The number of hydrogen-bond acceptors (Lipinski definition) is 3. The molecule has 0 radical (unpaired) electrons. The number of rotatable bonds is 4. The molecule has 0 bridgehead atoms. The molecule has 0 aromatic heterocycles. The fraction of sp³-hybridized carbons (Fsp3) is 0.133. The summed E-state index contributed by atoms with van der Waals surface area (Å²) in [7, 11) is 1.29. The van der Waals surface area contributed by atoms with E-state index in [4.69, 9.17) is 39.5 Å². The van der Waals surface area contributed by atoms with Gasteiger partial charge in [0, 0.05) is 5.02 Å². The lowest BCUT2D eigenvalue weighted by atomic mass is 10.2. The molecule has 0 saturated heterocycles. The molecule has 110 valence electrons. The molecule has 2 aromatic carbocycles. The van der Waals surface area contributed by atoms with Gasteiger partial charge in [-0.1, -0.05) is 46.9 Å². The van der Waals surface area contributed by atoms with E-state index in [-0.39, 0.29) is 22.2 Å². The summed E-state index contributed by atoms with van der Waals surface area (Å²) < 4.78 is 10.2. The summed E-state index contributed by atoms with van der Waals surface area (Å²) >= 11 is 18.0. The molecule has 0 fully saturated rings. The van der Waals surface area contributed by atoms with Crippen molar-refractivity contribution in [1.29, 1.82) is 0 Å². The number of carbonyl (C=O) groups excluding carboxylic acids is 1. The van der Waals surface area contributed by atoms with Crippen LogP contribution in [-0.4, -0.2) is 13.1 Å².